The molecule has 0 N–H and O–H groups in total. The van der Waals surface area contributed by atoms with Crippen LogP contribution in [-0.2, 0) is 28.6 Å². The molecule has 0 aliphatic rings. The van der Waals surface area contributed by atoms with Gasteiger partial charge in [0.15, 0.2) is 6.10 Å². The quantitative estimate of drug-likeness (QED) is 0.0265. The smallest absolute Gasteiger partial charge is 0.306 e. The Labute approximate surface area is 346 Å². The number of ether oxygens (including phenoxy) is 3. The van der Waals surface area contributed by atoms with Crippen molar-refractivity contribution in [1.82, 2.24) is 0 Å². The monoisotopic (exact) mass is 787 g/mol. The number of esters is 3. The van der Waals surface area contributed by atoms with Gasteiger partial charge >= 0.3 is 17.9 Å². The first-order valence-corrected chi connectivity index (χ1v) is 24.0. The summed E-state index contributed by atoms with van der Waals surface area (Å²) in [4.78, 5) is 37.7. The summed E-state index contributed by atoms with van der Waals surface area (Å²) in [6, 6.07) is 0. The normalized spacial score (nSPS) is 12.3. The van der Waals surface area contributed by atoms with Crippen LogP contribution in [-0.4, -0.2) is 37.2 Å². The van der Waals surface area contributed by atoms with Crippen molar-refractivity contribution in [3.63, 3.8) is 0 Å². The van der Waals surface area contributed by atoms with Gasteiger partial charge in [0.1, 0.15) is 13.2 Å². The van der Waals surface area contributed by atoms with Crippen molar-refractivity contribution in [3.8, 4) is 0 Å². The topological polar surface area (TPSA) is 78.9 Å². The van der Waals surface area contributed by atoms with Crippen molar-refractivity contribution in [2.24, 2.45) is 0 Å². The molecule has 0 fully saturated rings. The van der Waals surface area contributed by atoms with Crippen molar-refractivity contribution >= 4 is 17.9 Å². The lowest BCUT2D eigenvalue weighted by atomic mass is 10.0. The molecule has 0 radical (unpaired) electrons. The molecule has 1 unspecified atom stereocenters. The van der Waals surface area contributed by atoms with Crippen molar-refractivity contribution < 1.29 is 28.6 Å². The third-order valence-electron chi connectivity index (χ3n) is 10.4. The minimum Gasteiger partial charge on any atom is -0.462 e. The minimum atomic E-state index is -0.768. The molecule has 0 aliphatic carbocycles. The standard InChI is InChI=1S/C50H90O6/c1-4-7-10-13-16-18-20-22-24-25-26-28-29-31-34-37-40-43-49(52)55-46-47(45-54-48(51)42-39-36-33-15-12-9-6-3)56-50(53)44-41-38-35-32-30-27-23-21-19-17-14-11-8-5-2/h7,10,16,18,22,24,47H,4-6,8-9,11-15,17,19-21,23,25-46H2,1-3H3/b10-7-,18-16-,24-22-. The van der Waals surface area contributed by atoms with Crippen molar-refractivity contribution in [1.29, 1.82) is 0 Å². The Morgan fingerprint density at radius 2 is 0.696 bits per heavy atom. The molecule has 0 amide bonds. The summed E-state index contributed by atoms with van der Waals surface area (Å²) in [5.41, 5.74) is 0. The van der Waals surface area contributed by atoms with Crippen LogP contribution >= 0.6 is 0 Å². The molecule has 0 aromatic heterocycles. The maximum absolute atomic E-state index is 12.7. The van der Waals surface area contributed by atoms with Gasteiger partial charge in [-0.3, -0.25) is 14.4 Å². The number of unbranched alkanes of at least 4 members (excludes halogenated alkanes) is 26. The second-order valence-electron chi connectivity index (χ2n) is 16.0. The van der Waals surface area contributed by atoms with E-state index < -0.39 is 6.10 Å². The van der Waals surface area contributed by atoms with E-state index in [2.05, 4.69) is 57.2 Å². The summed E-state index contributed by atoms with van der Waals surface area (Å²) in [5, 5.41) is 0. The highest BCUT2D eigenvalue weighted by atomic mass is 16.6. The molecule has 0 saturated heterocycles. The van der Waals surface area contributed by atoms with Crippen LogP contribution in [0.15, 0.2) is 36.5 Å². The van der Waals surface area contributed by atoms with Crippen LogP contribution in [0.4, 0.5) is 0 Å². The molecule has 0 heterocycles. The zero-order chi connectivity index (χ0) is 40.8. The summed E-state index contributed by atoms with van der Waals surface area (Å²) in [7, 11) is 0. The first kappa shape index (κ1) is 53.6. The molecular formula is C50H90O6. The fourth-order valence-corrected chi connectivity index (χ4v) is 6.81. The molecule has 1 atom stereocenters. The van der Waals surface area contributed by atoms with Gasteiger partial charge in [0.25, 0.3) is 0 Å². The molecule has 0 saturated carbocycles. The van der Waals surface area contributed by atoms with Gasteiger partial charge in [-0.15, -0.1) is 0 Å². The fraction of sp³-hybridized carbons (Fsp3) is 0.820. The SMILES string of the molecule is CC/C=C\C/C=C\C/C=C\CCCCCCCCCC(=O)OCC(COC(=O)CCCCCCCCC)OC(=O)CCCCCCCCCCCCCCCC. The van der Waals surface area contributed by atoms with E-state index in [1.807, 2.05) is 0 Å². The Hall–Kier alpha value is -2.37. The van der Waals surface area contributed by atoms with Crippen LogP contribution in [0.25, 0.3) is 0 Å². The number of hydrogen-bond acceptors (Lipinski definition) is 6. The van der Waals surface area contributed by atoms with Gasteiger partial charge in [0.2, 0.25) is 0 Å². The first-order chi connectivity index (χ1) is 27.5. The highest BCUT2D eigenvalue weighted by Gasteiger charge is 2.19. The second kappa shape index (κ2) is 45.3. The third kappa shape index (κ3) is 42.8. The molecule has 0 aromatic rings. The van der Waals surface area contributed by atoms with Crippen LogP contribution in [0.5, 0.6) is 0 Å². The van der Waals surface area contributed by atoms with Gasteiger partial charge in [-0.1, -0.05) is 211 Å². The Morgan fingerprint density at radius 3 is 1.09 bits per heavy atom. The van der Waals surface area contributed by atoms with Gasteiger partial charge in [-0.25, -0.2) is 0 Å². The largest absolute Gasteiger partial charge is 0.462 e. The number of hydrogen-bond donors (Lipinski definition) is 0. The van der Waals surface area contributed by atoms with E-state index in [1.165, 1.54) is 122 Å². The summed E-state index contributed by atoms with van der Waals surface area (Å²) in [5.74, 6) is -0.882. The number of allylic oxidation sites excluding steroid dienone is 6. The zero-order valence-corrected chi connectivity index (χ0v) is 37.2. The summed E-state index contributed by atoms with van der Waals surface area (Å²) in [6.07, 6.45) is 51.4. The van der Waals surface area contributed by atoms with Crippen LogP contribution in [0.2, 0.25) is 0 Å². The molecule has 0 spiro atoms. The van der Waals surface area contributed by atoms with E-state index in [-0.39, 0.29) is 31.1 Å². The molecule has 0 rings (SSSR count). The van der Waals surface area contributed by atoms with Crippen molar-refractivity contribution in [2.45, 2.75) is 252 Å². The van der Waals surface area contributed by atoms with E-state index in [0.717, 1.165) is 83.5 Å². The molecule has 0 bridgehead atoms. The van der Waals surface area contributed by atoms with E-state index in [0.29, 0.717) is 19.3 Å². The van der Waals surface area contributed by atoms with Crippen LogP contribution in [0, 0.1) is 0 Å². The highest BCUT2D eigenvalue weighted by Crippen LogP contribution is 2.15. The summed E-state index contributed by atoms with van der Waals surface area (Å²) < 4.78 is 16.7. The lowest BCUT2D eigenvalue weighted by Crippen LogP contribution is -2.30. The van der Waals surface area contributed by atoms with E-state index in [9.17, 15) is 14.4 Å². The maximum atomic E-state index is 12.7. The number of carbonyl (C=O) groups excluding carboxylic acids is 3. The van der Waals surface area contributed by atoms with Crippen LogP contribution in [0.1, 0.15) is 245 Å². The number of rotatable bonds is 43. The molecule has 6 heteroatoms. The summed E-state index contributed by atoms with van der Waals surface area (Å²) >= 11 is 0. The maximum Gasteiger partial charge on any atom is 0.306 e. The zero-order valence-electron chi connectivity index (χ0n) is 37.2. The lowest BCUT2D eigenvalue weighted by Gasteiger charge is -2.18. The minimum absolute atomic E-state index is 0.0725. The van der Waals surface area contributed by atoms with Crippen molar-refractivity contribution in [3.05, 3.63) is 36.5 Å². The average Bonchev–Trinajstić information content (AvgIpc) is 3.19. The third-order valence-corrected chi connectivity index (χ3v) is 10.4. The first-order valence-electron chi connectivity index (χ1n) is 24.0. The molecule has 0 aromatic carbocycles. The fourth-order valence-electron chi connectivity index (χ4n) is 6.81. The van der Waals surface area contributed by atoms with Crippen LogP contribution < -0.4 is 0 Å². The molecule has 6 nitrogen and oxygen atoms in total. The van der Waals surface area contributed by atoms with Crippen LogP contribution in [0.3, 0.4) is 0 Å². The van der Waals surface area contributed by atoms with Crippen molar-refractivity contribution in [2.75, 3.05) is 13.2 Å². The van der Waals surface area contributed by atoms with E-state index in [1.54, 1.807) is 0 Å². The Morgan fingerprint density at radius 1 is 0.375 bits per heavy atom. The Balaban J connectivity index is 4.27. The second-order valence-corrected chi connectivity index (χ2v) is 16.0. The predicted molar refractivity (Wildman–Crippen MR) is 238 cm³/mol. The Kier molecular flexibility index (Phi) is 43.4. The Bertz CT molecular complexity index is 953. The molecule has 56 heavy (non-hydrogen) atoms. The lowest BCUT2D eigenvalue weighted by molar-refractivity contribution is -0.167. The predicted octanol–water partition coefficient (Wildman–Crippen LogP) is 15.4. The molecule has 326 valence electrons. The molecule has 0 aliphatic heterocycles. The van der Waals surface area contributed by atoms with Gasteiger partial charge < -0.3 is 14.2 Å². The highest BCUT2D eigenvalue weighted by molar-refractivity contribution is 5.71. The average molecular weight is 787 g/mol. The van der Waals surface area contributed by atoms with Gasteiger partial charge in [0.05, 0.1) is 0 Å². The number of carbonyl (C=O) groups is 3. The van der Waals surface area contributed by atoms with E-state index in [4.69, 9.17) is 14.2 Å². The van der Waals surface area contributed by atoms with Gasteiger partial charge in [0, 0.05) is 19.3 Å². The van der Waals surface area contributed by atoms with E-state index >= 15 is 0 Å². The summed E-state index contributed by atoms with van der Waals surface area (Å²) in [6.45, 7) is 6.49. The molecular weight excluding hydrogens is 697 g/mol. The van der Waals surface area contributed by atoms with Gasteiger partial charge in [-0.05, 0) is 51.4 Å². The van der Waals surface area contributed by atoms with Gasteiger partial charge in [-0.2, -0.15) is 0 Å².